The summed E-state index contributed by atoms with van der Waals surface area (Å²) in [6.07, 6.45) is 3.99. The number of amides is 3. The van der Waals surface area contributed by atoms with E-state index in [1.165, 1.54) is 4.90 Å². The molecule has 1 aliphatic heterocycles. The Bertz CT molecular complexity index is 1200. The summed E-state index contributed by atoms with van der Waals surface area (Å²) in [7, 11) is 3.35. The quantitative estimate of drug-likeness (QED) is 0.612. The van der Waals surface area contributed by atoms with Crippen LogP contribution in [0, 0.1) is 0 Å². The second kappa shape index (κ2) is 8.78. The maximum atomic E-state index is 13.0. The lowest BCUT2D eigenvalue weighted by molar-refractivity contribution is 0.0823. The summed E-state index contributed by atoms with van der Waals surface area (Å²) in [5.41, 5.74) is 2.26. The number of anilines is 1. The van der Waals surface area contributed by atoms with Crippen LogP contribution in [0.15, 0.2) is 36.5 Å². The fourth-order valence-corrected chi connectivity index (χ4v) is 3.90. The first-order chi connectivity index (χ1) is 15.4. The highest BCUT2D eigenvalue weighted by Gasteiger charge is 2.25. The van der Waals surface area contributed by atoms with E-state index in [4.69, 9.17) is 0 Å². The van der Waals surface area contributed by atoms with Gasteiger partial charge < -0.3 is 14.8 Å². The Morgan fingerprint density at radius 2 is 1.88 bits per heavy atom. The molecule has 0 saturated heterocycles. The summed E-state index contributed by atoms with van der Waals surface area (Å²) in [5, 5.41) is 5.79. The van der Waals surface area contributed by atoms with Crippen LogP contribution in [-0.4, -0.2) is 57.8 Å². The third-order valence-electron chi connectivity index (χ3n) is 5.59. The van der Waals surface area contributed by atoms with Gasteiger partial charge in [-0.15, -0.1) is 0 Å². The van der Waals surface area contributed by atoms with Gasteiger partial charge in [0.25, 0.3) is 17.7 Å². The number of carbonyl (C=O) groups is 3. The summed E-state index contributed by atoms with van der Waals surface area (Å²) in [5.74, 6) is -0.458. The van der Waals surface area contributed by atoms with Gasteiger partial charge in [-0.1, -0.05) is 6.07 Å². The molecular weight excluding hydrogens is 408 g/mol. The van der Waals surface area contributed by atoms with Crippen LogP contribution in [0.2, 0.25) is 0 Å². The minimum atomic E-state index is -0.381. The van der Waals surface area contributed by atoms with Crippen LogP contribution >= 0.6 is 0 Å². The molecule has 32 heavy (non-hydrogen) atoms. The zero-order chi connectivity index (χ0) is 22.8. The summed E-state index contributed by atoms with van der Waals surface area (Å²) >= 11 is 0. The van der Waals surface area contributed by atoms with Crippen molar-refractivity contribution >= 4 is 34.7 Å². The summed E-state index contributed by atoms with van der Waals surface area (Å²) in [6, 6.07) is 8.25. The van der Waals surface area contributed by atoms with Gasteiger partial charge in [-0.25, -0.2) is 9.97 Å². The molecule has 0 spiro atoms. The second-order valence-corrected chi connectivity index (χ2v) is 8.17. The molecule has 4 rings (SSSR count). The molecule has 0 radical (unpaired) electrons. The molecule has 166 valence electrons. The molecule has 1 aliphatic rings. The number of aromatic nitrogens is 3. The molecule has 2 N–H and O–H groups in total. The Kier molecular flexibility index (Phi) is 5.89. The van der Waals surface area contributed by atoms with Gasteiger partial charge in [0.15, 0.2) is 5.69 Å². The fourth-order valence-electron chi connectivity index (χ4n) is 3.90. The van der Waals surface area contributed by atoms with Gasteiger partial charge in [0.2, 0.25) is 5.95 Å². The first kappa shape index (κ1) is 21.5. The zero-order valence-corrected chi connectivity index (χ0v) is 18.4. The van der Waals surface area contributed by atoms with E-state index < -0.39 is 0 Å². The number of hydrogen-bond acceptors (Lipinski definition) is 5. The Morgan fingerprint density at radius 3 is 2.62 bits per heavy atom. The number of nitrogens with zero attached hydrogens (tertiary/aromatic N) is 4. The van der Waals surface area contributed by atoms with Crippen molar-refractivity contribution in [3.05, 3.63) is 53.3 Å². The van der Waals surface area contributed by atoms with Crippen molar-refractivity contribution in [2.75, 3.05) is 26.0 Å². The highest BCUT2D eigenvalue weighted by molar-refractivity contribution is 6.07. The van der Waals surface area contributed by atoms with Gasteiger partial charge in [-0.05, 0) is 50.5 Å². The maximum Gasteiger partial charge on any atom is 0.274 e. The highest BCUT2D eigenvalue weighted by atomic mass is 16.2. The molecule has 2 bridgehead atoms. The molecule has 3 heterocycles. The lowest BCUT2D eigenvalue weighted by Crippen LogP contribution is -2.26. The van der Waals surface area contributed by atoms with E-state index >= 15 is 0 Å². The van der Waals surface area contributed by atoms with Crippen LogP contribution in [0.4, 0.5) is 5.95 Å². The number of carbonyl (C=O) groups excluding carboxylic acids is 3. The van der Waals surface area contributed by atoms with Crippen molar-refractivity contribution in [2.45, 2.75) is 32.2 Å². The fraction of sp³-hybridized carbons (Fsp3) is 0.348. The van der Waals surface area contributed by atoms with Gasteiger partial charge >= 0.3 is 0 Å². The molecule has 0 fully saturated rings. The number of benzene rings is 1. The van der Waals surface area contributed by atoms with E-state index in [9.17, 15) is 14.4 Å². The first-order valence-corrected chi connectivity index (χ1v) is 10.6. The Morgan fingerprint density at radius 1 is 1.12 bits per heavy atom. The van der Waals surface area contributed by atoms with Gasteiger partial charge in [0.05, 0.1) is 5.52 Å². The van der Waals surface area contributed by atoms with Crippen LogP contribution < -0.4 is 10.6 Å². The van der Waals surface area contributed by atoms with Crippen molar-refractivity contribution < 1.29 is 14.4 Å². The molecular formula is C23H26N6O3. The van der Waals surface area contributed by atoms with Crippen molar-refractivity contribution in [3.63, 3.8) is 0 Å². The highest BCUT2D eigenvalue weighted by Crippen LogP contribution is 2.30. The van der Waals surface area contributed by atoms with Crippen molar-refractivity contribution in [2.24, 2.45) is 0 Å². The van der Waals surface area contributed by atoms with Gasteiger partial charge in [-0.3, -0.25) is 19.7 Å². The molecule has 3 amide bonds. The average molecular weight is 435 g/mol. The number of pyridine rings is 1. The lowest BCUT2D eigenvalue weighted by atomic mass is 10.1. The number of fused-ring (bicyclic) bond motifs is 5. The first-order valence-electron chi connectivity index (χ1n) is 10.6. The molecule has 0 saturated carbocycles. The third-order valence-corrected chi connectivity index (χ3v) is 5.59. The minimum Gasteiger partial charge on any atom is -0.352 e. The predicted octanol–water partition coefficient (Wildman–Crippen LogP) is 2.86. The van der Waals surface area contributed by atoms with Crippen molar-refractivity contribution in [3.8, 4) is 0 Å². The minimum absolute atomic E-state index is 0.0572. The van der Waals surface area contributed by atoms with Crippen molar-refractivity contribution in [1.82, 2.24) is 24.8 Å². The van der Waals surface area contributed by atoms with Crippen LogP contribution in [-0.2, 0) is 0 Å². The molecule has 1 aromatic carbocycles. The number of imidazole rings is 1. The van der Waals surface area contributed by atoms with E-state index in [1.807, 2.05) is 11.5 Å². The number of rotatable bonds is 1. The van der Waals surface area contributed by atoms with E-state index in [0.717, 1.165) is 19.3 Å². The standard InChI is InChI=1S/C23H26N6O3/c1-14-7-4-5-11-25-20(30)15-8-6-9-16(13-15)21(31)27-23-26-17-10-12-24-18(19(17)29(14)23)22(32)28(2)3/h6,8-10,12-14H,4-5,7,11H2,1-3H3,(H,25,30)(H,26,27,31)/t14-/m0/s1. The SMILES string of the molecule is C[C@H]1CCCCNC(=O)c2cccc(c2)C(=O)Nc2nc3ccnc(C(=O)N(C)C)c3n21. The van der Waals surface area contributed by atoms with Crippen LogP contribution in [0.3, 0.4) is 0 Å². The van der Waals surface area contributed by atoms with E-state index in [2.05, 4.69) is 20.6 Å². The molecule has 1 atom stereocenters. The Balaban J connectivity index is 1.86. The molecule has 9 heteroatoms. The van der Waals surface area contributed by atoms with Gasteiger partial charge in [0, 0.05) is 44.0 Å². The van der Waals surface area contributed by atoms with E-state index in [1.54, 1.807) is 50.6 Å². The smallest absolute Gasteiger partial charge is 0.274 e. The van der Waals surface area contributed by atoms with Crippen LogP contribution in [0.5, 0.6) is 0 Å². The molecule has 0 unspecified atom stereocenters. The lowest BCUT2D eigenvalue weighted by Gasteiger charge is -2.20. The van der Waals surface area contributed by atoms with E-state index in [0.29, 0.717) is 40.3 Å². The van der Waals surface area contributed by atoms with Crippen LogP contribution in [0.25, 0.3) is 11.0 Å². The van der Waals surface area contributed by atoms with E-state index in [-0.39, 0.29) is 23.8 Å². The molecule has 0 aliphatic carbocycles. The molecule has 9 nitrogen and oxygen atoms in total. The number of nitrogens with one attached hydrogen (secondary N) is 2. The normalized spacial score (nSPS) is 17.2. The summed E-state index contributed by atoms with van der Waals surface area (Å²) in [6.45, 7) is 2.57. The molecule has 3 aromatic rings. The third kappa shape index (κ3) is 4.05. The van der Waals surface area contributed by atoms with Gasteiger partial charge in [0.1, 0.15) is 5.52 Å². The Hall–Kier alpha value is -3.75. The monoisotopic (exact) mass is 434 g/mol. The Labute approximate surface area is 185 Å². The predicted molar refractivity (Wildman–Crippen MR) is 121 cm³/mol. The topological polar surface area (TPSA) is 109 Å². The largest absolute Gasteiger partial charge is 0.352 e. The second-order valence-electron chi connectivity index (χ2n) is 8.17. The van der Waals surface area contributed by atoms with Gasteiger partial charge in [-0.2, -0.15) is 0 Å². The van der Waals surface area contributed by atoms with Crippen molar-refractivity contribution in [1.29, 1.82) is 0 Å². The molecule has 2 aromatic heterocycles. The zero-order valence-electron chi connectivity index (χ0n) is 18.4. The number of hydrogen-bond donors (Lipinski definition) is 2. The average Bonchev–Trinajstić information content (AvgIpc) is 3.15. The summed E-state index contributed by atoms with van der Waals surface area (Å²) in [4.78, 5) is 48.7. The van der Waals surface area contributed by atoms with Crippen LogP contribution in [0.1, 0.15) is 63.4 Å². The maximum absolute atomic E-state index is 13.0. The summed E-state index contributed by atoms with van der Waals surface area (Å²) < 4.78 is 1.89.